The van der Waals surface area contributed by atoms with E-state index < -0.39 is 6.10 Å². The number of unbranched alkanes of at least 4 members (excludes halogenated alkanes) is 4. The highest BCUT2D eigenvalue weighted by Crippen LogP contribution is 2.28. The topological polar surface area (TPSA) is 32.3 Å². The molecule has 0 aliphatic carbocycles. The van der Waals surface area contributed by atoms with Gasteiger partial charge in [-0.2, -0.15) is 0 Å². The quantitative estimate of drug-likeness (QED) is 0.604. The van der Waals surface area contributed by atoms with Gasteiger partial charge in [-0.3, -0.25) is 0 Å². The van der Waals surface area contributed by atoms with Crippen LogP contribution in [-0.2, 0) is 0 Å². The van der Waals surface area contributed by atoms with Crippen LogP contribution in [-0.4, -0.2) is 11.7 Å². The summed E-state index contributed by atoms with van der Waals surface area (Å²) in [4.78, 5) is 0. The molecule has 2 atom stereocenters. The molecule has 23 heavy (non-hydrogen) atoms. The highest BCUT2D eigenvalue weighted by molar-refractivity contribution is 5.26. The molecule has 0 saturated heterocycles. The van der Waals surface area contributed by atoms with Gasteiger partial charge in [0, 0.05) is 0 Å². The van der Waals surface area contributed by atoms with E-state index in [-0.39, 0.29) is 6.04 Å². The van der Waals surface area contributed by atoms with Crippen LogP contribution in [0.4, 0.5) is 0 Å². The molecule has 2 nitrogen and oxygen atoms in total. The van der Waals surface area contributed by atoms with E-state index >= 15 is 0 Å². The molecule has 0 amide bonds. The maximum Gasteiger partial charge on any atom is 0.0984 e. The van der Waals surface area contributed by atoms with Crippen molar-refractivity contribution in [2.45, 2.75) is 51.2 Å². The van der Waals surface area contributed by atoms with Gasteiger partial charge in [0.15, 0.2) is 0 Å². The van der Waals surface area contributed by atoms with Crippen LogP contribution in [0.3, 0.4) is 0 Å². The van der Waals surface area contributed by atoms with Crippen molar-refractivity contribution < 1.29 is 5.11 Å². The lowest BCUT2D eigenvalue weighted by atomic mass is 9.95. The SMILES string of the molecule is CCCCCCCN[C@@H](c1ccccc1)[C@@H](O)c1ccccc1. The van der Waals surface area contributed by atoms with Gasteiger partial charge in [0.1, 0.15) is 0 Å². The number of benzene rings is 2. The first-order valence-corrected chi connectivity index (χ1v) is 8.84. The van der Waals surface area contributed by atoms with Crippen molar-refractivity contribution in [2.75, 3.05) is 6.54 Å². The molecule has 0 radical (unpaired) electrons. The molecular weight excluding hydrogens is 282 g/mol. The first kappa shape index (κ1) is 17.7. The minimum absolute atomic E-state index is 0.0650. The Balaban J connectivity index is 1.98. The van der Waals surface area contributed by atoms with Crippen LogP contribution < -0.4 is 5.32 Å². The first-order chi connectivity index (χ1) is 11.3. The number of nitrogens with one attached hydrogen (secondary N) is 1. The second-order valence-electron chi connectivity index (χ2n) is 6.11. The molecule has 0 fully saturated rings. The molecular formula is C21H29NO. The van der Waals surface area contributed by atoms with E-state index in [4.69, 9.17) is 0 Å². The fourth-order valence-electron chi connectivity index (χ4n) is 2.90. The molecule has 0 aliphatic heterocycles. The first-order valence-electron chi connectivity index (χ1n) is 8.84. The smallest absolute Gasteiger partial charge is 0.0984 e. The number of aliphatic hydroxyl groups is 1. The van der Waals surface area contributed by atoms with E-state index in [1.165, 1.54) is 25.7 Å². The van der Waals surface area contributed by atoms with Crippen molar-refractivity contribution in [3.8, 4) is 0 Å². The zero-order valence-electron chi connectivity index (χ0n) is 14.1. The van der Waals surface area contributed by atoms with E-state index in [9.17, 15) is 5.11 Å². The number of aliphatic hydroxyl groups excluding tert-OH is 1. The van der Waals surface area contributed by atoms with E-state index in [2.05, 4.69) is 24.4 Å². The molecule has 2 rings (SSSR count). The van der Waals surface area contributed by atoms with Crippen molar-refractivity contribution in [1.29, 1.82) is 0 Å². The summed E-state index contributed by atoms with van der Waals surface area (Å²) < 4.78 is 0. The predicted molar refractivity (Wildman–Crippen MR) is 97.3 cm³/mol. The van der Waals surface area contributed by atoms with Gasteiger partial charge >= 0.3 is 0 Å². The molecule has 2 aromatic carbocycles. The minimum atomic E-state index is -0.533. The van der Waals surface area contributed by atoms with Crippen LogP contribution in [0.5, 0.6) is 0 Å². The largest absolute Gasteiger partial charge is 0.386 e. The third-order valence-corrected chi connectivity index (χ3v) is 4.26. The molecule has 124 valence electrons. The van der Waals surface area contributed by atoms with E-state index in [0.29, 0.717) is 0 Å². The molecule has 0 bridgehead atoms. The summed E-state index contributed by atoms with van der Waals surface area (Å²) in [7, 11) is 0. The second kappa shape index (κ2) is 10.2. The highest BCUT2D eigenvalue weighted by atomic mass is 16.3. The number of rotatable bonds is 10. The minimum Gasteiger partial charge on any atom is -0.386 e. The van der Waals surface area contributed by atoms with Gasteiger partial charge in [0.2, 0.25) is 0 Å². The standard InChI is InChI=1S/C21H29NO/c1-2-3-4-5-12-17-22-20(18-13-8-6-9-14-18)21(23)19-15-10-7-11-16-19/h6-11,13-16,20-23H,2-5,12,17H2,1H3/t20-,21-/m0/s1. The fourth-order valence-corrected chi connectivity index (χ4v) is 2.90. The van der Waals surface area contributed by atoms with Crippen molar-refractivity contribution in [3.63, 3.8) is 0 Å². The Morgan fingerprint density at radius 2 is 1.35 bits per heavy atom. The van der Waals surface area contributed by atoms with Gasteiger partial charge in [0.05, 0.1) is 12.1 Å². The Hall–Kier alpha value is -1.64. The lowest BCUT2D eigenvalue weighted by molar-refractivity contribution is 0.128. The third kappa shape index (κ3) is 5.81. The summed E-state index contributed by atoms with van der Waals surface area (Å²) in [6.07, 6.45) is 5.76. The Kier molecular flexibility index (Phi) is 7.85. The Morgan fingerprint density at radius 1 is 0.783 bits per heavy atom. The molecule has 0 unspecified atom stereocenters. The number of hydrogen-bond acceptors (Lipinski definition) is 2. The molecule has 0 spiro atoms. The molecule has 0 aromatic heterocycles. The average Bonchev–Trinajstić information content (AvgIpc) is 2.62. The van der Waals surface area contributed by atoms with E-state index in [1.54, 1.807) is 0 Å². The summed E-state index contributed by atoms with van der Waals surface area (Å²) in [5.74, 6) is 0. The third-order valence-electron chi connectivity index (χ3n) is 4.26. The van der Waals surface area contributed by atoms with Crippen LogP contribution in [0.1, 0.15) is 62.3 Å². The van der Waals surface area contributed by atoms with Gasteiger partial charge in [0.25, 0.3) is 0 Å². The van der Waals surface area contributed by atoms with Gasteiger partial charge in [-0.25, -0.2) is 0 Å². The molecule has 2 aromatic rings. The van der Waals surface area contributed by atoms with Crippen LogP contribution in [0.15, 0.2) is 60.7 Å². The van der Waals surface area contributed by atoms with Gasteiger partial charge in [-0.05, 0) is 24.1 Å². The van der Waals surface area contributed by atoms with Crippen molar-refractivity contribution >= 4 is 0 Å². The number of hydrogen-bond donors (Lipinski definition) is 2. The summed E-state index contributed by atoms with van der Waals surface area (Å²) in [6.45, 7) is 3.17. The maximum atomic E-state index is 10.8. The van der Waals surface area contributed by atoms with E-state index in [0.717, 1.165) is 24.1 Å². The molecule has 0 heterocycles. The molecule has 0 aliphatic rings. The zero-order valence-corrected chi connectivity index (χ0v) is 14.1. The van der Waals surface area contributed by atoms with Crippen molar-refractivity contribution in [3.05, 3.63) is 71.8 Å². The molecule has 2 heteroatoms. The molecule has 2 N–H and O–H groups in total. The van der Waals surface area contributed by atoms with Crippen LogP contribution in [0.2, 0.25) is 0 Å². The van der Waals surface area contributed by atoms with Gasteiger partial charge in [-0.1, -0.05) is 93.3 Å². The Labute approximate surface area is 140 Å². The lowest BCUT2D eigenvalue weighted by Crippen LogP contribution is -2.28. The highest BCUT2D eigenvalue weighted by Gasteiger charge is 2.21. The van der Waals surface area contributed by atoms with Gasteiger partial charge in [-0.15, -0.1) is 0 Å². The average molecular weight is 311 g/mol. The van der Waals surface area contributed by atoms with Crippen LogP contribution in [0, 0.1) is 0 Å². The predicted octanol–water partition coefficient (Wildman–Crippen LogP) is 5.02. The zero-order chi connectivity index (χ0) is 16.3. The van der Waals surface area contributed by atoms with Crippen molar-refractivity contribution in [2.24, 2.45) is 0 Å². The maximum absolute atomic E-state index is 10.8. The summed E-state index contributed by atoms with van der Waals surface area (Å²) >= 11 is 0. The molecule has 0 saturated carbocycles. The summed E-state index contributed by atoms with van der Waals surface area (Å²) in [5, 5.41) is 14.4. The van der Waals surface area contributed by atoms with Gasteiger partial charge < -0.3 is 10.4 Å². The van der Waals surface area contributed by atoms with E-state index in [1.807, 2.05) is 48.5 Å². The van der Waals surface area contributed by atoms with Crippen LogP contribution >= 0.6 is 0 Å². The Morgan fingerprint density at radius 3 is 1.96 bits per heavy atom. The van der Waals surface area contributed by atoms with Crippen molar-refractivity contribution in [1.82, 2.24) is 5.32 Å². The normalized spacial score (nSPS) is 13.7. The summed E-state index contributed by atoms with van der Waals surface area (Å²) in [5.41, 5.74) is 2.09. The Bertz CT molecular complexity index is 526. The van der Waals surface area contributed by atoms with Crippen LogP contribution in [0.25, 0.3) is 0 Å². The lowest BCUT2D eigenvalue weighted by Gasteiger charge is -2.25. The second-order valence-corrected chi connectivity index (χ2v) is 6.11. The fraction of sp³-hybridized carbons (Fsp3) is 0.429. The summed E-state index contributed by atoms with van der Waals surface area (Å²) in [6, 6.07) is 20.1. The monoisotopic (exact) mass is 311 g/mol.